The standard InChI is InChI=1S/C19H17N5O3/c20-12-14-1-3-16(4-2-14)22-18(26)15-5-6-21-17(11-15)19(27)24-9-7-23(13-25)8-10-24/h1-6,11,13H,7-10H2,(H,22,26). The number of pyridine rings is 1. The third-order valence-electron chi connectivity index (χ3n) is 4.26. The lowest BCUT2D eigenvalue weighted by molar-refractivity contribution is -0.119. The molecule has 27 heavy (non-hydrogen) atoms. The number of nitriles is 1. The zero-order chi connectivity index (χ0) is 19.2. The van der Waals surface area contributed by atoms with E-state index in [4.69, 9.17) is 5.26 Å². The normalized spacial score (nSPS) is 13.6. The molecule has 3 amide bonds. The monoisotopic (exact) mass is 363 g/mol. The van der Waals surface area contributed by atoms with Crippen molar-refractivity contribution in [3.05, 3.63) is 59.4 Å². The zero-order valence-electron chi connectivity index (χ0n) is 14.5. The van der Waals surface area contributed by atoms with Gasteiger partial charge in [0.1, 0.15) is 5.69 Å². The molecule has 8 nitrogen and oxygen atoms in total. The molecule has 2 aromatic rings. The lowest BCUT2D eigenvalue weighted by atomic mass is 10.1. The van der Waals surface area contributed by atoms with Crippen LogP contribution in [0.3, 0.4) is 0 Å². The number of amides is 3. The van der Waals surface area contributed by atoms with Crippen LogP contribution in [0.1, 0.15) is 26.4 Å². The molecular weight excluding hydrogens is 346 g/mol. The van der Waals surface area contributed by atoms with Gasteiger partial charge in [0.2, 0.25) is 6.41 Å². The molecule has 0 saturated carbocycles. The molecule has 0 unspecified atom stereocenters. The Morgan fingerprint density at radius 3 is 2.44 bits per heavy atom. The first kappa shape index (κ1) is 18.1. The number of hydrogen-bond donors (Lipinski definition) is 1. The molecule has 1 N–H and O–H groups in total. The summed E-state index contributed by atoms with van der Waals surface area (Å²) in [6, 6.07) is 11.5. The molecule has 8 heteroatoms. The van der Waals surface area contributed by atoms with Crippen LogP contribution in [-0.4, -0.2) is 59.2 Å². The minimum absolute atomic E-state index is 0.182. The van der Waals surface area contributed by atoms with Crippen molar-refractivity contribution >= 4 is 23.9 Å². The lowest BCUT2D eigenvalue weighted by Gasteiger charge is -2.32. The molecule has 0 atom stereocenters. The summed E-state index contributed by atoms with van der Waals surface area (Å²) in [6.45, 7) is 1.82. The van der Waals surface area contributed by atoms with Gasteiger partial charge in [-0.25, -0.2) is 0 Å². The molecule has 1 aromatic carbocycles. The molecule has 3 rings (SSSR count). The van der Waals surface area contributed by atoms with Crippen LogP contribution in [0.15, 0.2) is 42.6 Å². The maximum atomic E-state index is 12.6. The second-order valence-electron chi connectivity index (χ2n) is 6.01. The predicted molar refractivity (Wildman–Crippen MR) is 96.9 cm³/mol. The highest BCUT2D eigenvalue weighted by atomic mass is 16.2. The molecule has 2 heterocycles. The summed E-state index contributed by atoms with van der Waals surface area (Å²) in [5.74, 6) is -0.643. The first-order chi connectivity index (χ1) is 13.1. The van der Waals surface area contributed by atoms with Gasteiger partial charge in [0.05, 0.1) is 11.6 Å². The van der Waals surface area contributed by atoms with Crippen molar-refractivity contribution in [2.24, 2.45) is 0 Å². The van der Waals surface area contributed by atoms with Crippen molar-refractivity contribution in [3.63, 3.8) is 0 Å². The third-order valence-corrected chi connectivity index (χ3v) is 4.26. The van der Waals surface area contributed by atoms with E-state index in [9.17, 15) is 14.4 Å². The van der Waals surface area contributed by atoms with Crippen molar-refractivity contribution < 1.29 is 14.4 Å². The molecule has 136 valence electrons. The second kappa shape index (κ2) is 8.10. The Kier molecular flexibility index (Phi) is 5.42. The topological polar surface area (TPSA) is 106 Å². The van der Waals surface area contributed by atoms with Gasteiger partial charge < -0.3 is 15.1 Å². The molecule has 1 saturated heterocycles. The second-order valence-corrected chi connectivity index (χ2v) is 6.01. The number of carbonyl (C=O) groups excluding carboxylic acids is 3. The van der Waals surface area contributed by atoms with Crippen LogP contribution < -0.4 is 5.32 Å². The van der Waals surface area contributed by atoms with E-state index in [1.54, 1.807) is 34.1 Å². The Bertz CT molecular complexity index is 896. The van der Waals surface area contributed by atoms with Crippen LogP contribution in [0.5, 0.6) is 0 Å². The van der Waals surface area contributed by atoms with Gasteiger partial charge in [-0.1, -0.05) is 0 Å². The first-order valence-corrected chi connectivity index (χ1v) is 8.37. The van der Waals surface area contributed by atoms with E-state index in [1.807, 2.05) is 6.07 Å². The average Bonchev–Trinajstić information content (AvgIpc) is 2.74. The highest BCUT2D eigenvalue weighted by Crippen LogP contribution is 2.13. The van der Waals surface area contributed by atoms with Gasteiger partial charge in [-0.2, -0.15) is 5.26 Å². The number of hydrogen-bond acceptors (Lipinski definition) is 5. The first-order valence-electron chi connectivity index (χ1n) is 8.37. The van der Waals surface area contributed by atoms with Gasteiger partial charge in [-0.3, -0.25) is 19.4 Å². The average molecular weight is 363 g/mol. The van der Waals surface area contributed by atoms with Crippen LogP contribution >= 0.6 is 0 Å². The zero-order valence-corrected chi connectivity index (χ0v) is 14.5. The molecule has 0 spiro atoms. The quantitative estimate of drug-likeness (QED) is 0.819. The van der Waals surface area contributed by atoms with Crippen LogP contribution in [0.4, 0.5) is 5.69 Å². The summed E-state index contributed by atoms with van der Waals surface area (Å²) in [6.07, 6.45) is 2.19. The Morgan fingerprint density at radius 2 is 1.81 bits per heavy atom. The number of piperazine rings is 1. The highest BCUT2D eigenvalue weighted by molar-refractivity contribution is 6.05. The van der Waals surface area contributed by atoms with Crippen molar-refractivity contribution in [3.8, 4) is 6.07 Å². The molecule has 1 fully saturated rings. The number of nitrogens with one attached hydrogen (secondary N) is 1. The molecule has 0 bridgehead atoms. The summed E-state index contributed by atoms with van der Waals surface area (Å²) in [5.41, 5.74) is 1.54. The predicted octanol–water partition coefficient (Wildman–Crippen LogP) is 1.12. The summed E-state index contributed by atoms with van der Waals surface area (Å²) >= 11 is 0. The van der Waals surface area contributed by atoms with Crippen molar-refractivity contribution in [1.29, 1.82) is 5.26 Å². The van der Waals surface area contributed by atoms with Gasteiger partial charge in [0.25, 0.3) is 11.8 Å². The molecule has 1 aliphatic heterocycles. The van der Waals surface area contributed by atoms with Crippen LogP contribution in [0, 0.1) is 11.3 Å². The lowest BCUT2D eigenvalue weighted by Crippen LogP contribution is -2.48. The van der Waals surface area contributed by atoms with Gasteiger partial charge in [0, 0.05) is 43.6 Å². The highest BCUT2D eigenvalue weighted by Gasteiger charge is 2.23. The number of nitrogens with zero attached hydrogens (tertiary/aromatic N) is 4. The minimum atomic E-state index is -0.373. The van der Waals surface area contributed by atoms with E-state index < -0.39 is 0 Å². The van der Waals surface area contributed by atoms with E-state index in [0.29, 0.717) is 43.0 Å². The van der Waals surface area contributed by atoms with E-state index in [2.05, 4.69) is 10.3 Å². The summed E-state index contributed by atoms with van der Waals surface area (Å²) < 4.78 is 0. The van der Waals surface area contributed by atoms with Gasteiger partial charge >= 0.3 is 0 Å². The number of aromatic nitrogens is 1. The molecule has 0 aliphatic carbocycles. The maximum Gasteiger partial charge on any atom is 0.272 e. The van der Waals surface area contributed by atoms with Crippen LogP contribution in [0.2, 0.25) is 0 Å². The summed E-state index contributed by atoms with van der Waals surface area (Å²) in [7, 11) is 0. The molecular formula is C19H17N5O3. The van der Waals surface area contributed by atoms with Gasteiger partial charge in [-0.05, 0) is 36.4 Å². The van der Waals surface area contributed by atoms with E-state index >= 15 is 0 Å². The van der Waals surface area contributed by atoms with E-state index in [-0.39, 0.29) is 17.5 Å². The number of anilines is 1. The fourth-order valence-electron chi connectivity index (χ4n) is 2.71. The van der Waals surface area contributed by atoms with Crippen molar-refractivity contribution in [2.75, 3.05) is 31.5 Å². The maximum absolute atomic E-state index is 12.6. The fraction of sp³-hybridized carbons (Fsp3) is 0.211. The SMILES string of the molecule is N#Cc1ccc(NC(=O)c2ccnc(C(=O)N3CCN(C=O)CC3)c2)cc1. The number of rotatable bonds is 4. The smallest absolute Gasteiger partial charge is 0.272 e. The van der Waals surface area contributed by atoms with Crippen molar-refractivity contribution in [2.45, 2.75) is 0 Å². The van der Waals surface area contributed by atoms with E-state index in [0.717, 1.165) is 6.41 Å². The van der Waals surface area contributed by atoms with E-state index in [1.165, 1.54) is 18.3 Å². The van der Waals surface area contributed by atoms with Gasteiger partial charge in [0.15, 0.2) is 0 Å². The molecule has 1 aromatic heterocycles. The van der Waals surface area contributed by atoms with Crippen LogP contribution in [-0.2, 0) is 4.79 Å². The number of carbonyl (C=O) groups is 3. The fourth-order valence-corrected chi connectivity index (χ4v) is 2.71. The number of benzene rings is 1. The Hall–Kier alpha value is -3.73. The van der Waals surface area contributed by atoms with Gasteiger partial charge in [-0.15, -0.1) is 0 Å². The summed E-state index contributed by atoms with van der Waals surface area (Å²) in [5, 5.41) is 11.5. The molecule has 1 aliphatic rings. The largest absolute Gasteiger partial charge is 0.342 e. The van der Waals surface area contributed by atoms with Crippen LogP contribution in [0.25, 0.3) is 0 Å². The Morgan fingerprint density at radius 1 is 1.11 bits per heavy atom. The summed E-state index contributed by atoms with van der Waals surface area (Å²) in [4.78, 5) is 43.1. The third kappa shape index (κ3) is 4.27. The minimum Gasteiger partial charge on any atom is -0.342 e. The Labute approximate surface area is 156 Å². The Balaban J connectivity index is 1.69. The molecule has 0 radical (unpaired) electrons. The van der Waals surface area contributed by atoms with Crippen molar-refractivity contribution in [1.82, 2.24) is 14.8 Å².